The summed E-state index contributed by atoms with van der Waals surface area (Å²) < 4.78 is 30.1. The number of ether oxygens (including phenoxy) is 1. The Morgan fingerprint density at radius 2 is 1.82 bits per heavy atom. The molecule has 1 aromatic heterocycles. The summed E-state index contributed by atoms with van der Waals surface area (Å²) in [5.74, 6) is -1.73. The lowest BCUT2D eigenvalue weighted by molar-refractivity contribution is -0.162. The molecule has 9 nitrogen and oxygen atoms in total. The minimum absolute atomic E-state index is 0.00736. The minimum atomic E-state index is -2.92. The molecule has 1 aliphatic heterocycles. The first-order chi connectivity index (χ1) is 13.2. The van der Waals surface area contributed by atoms with E-state index in [4.69, 9.17) is 5.11 Å². The van der Waals surface area contributed by atoms with E-state index in [-0.39, 0.29) is 37.4 Å². The molecule has 0 atom stereocenters. The van der Waals surface area contributed by atoms with Crippen LogP contribution < -0.4 is 4.74 Å². The molecule has 1 aliphatic rings. The van der Waals surface area contributed by atoms with Gasteiger partial charge in [-0.3, -0.25) is 4.79 Å². The van der Waals surface area contributed by atoms with Crippen molar-refractivity contribution in [2.24, 2.45) is 0 Å². The van der Waals surface area contributed by atoms with Crippen molar-refractivity contribution in [3.8, 4) is 11.4 Å². The normalized spacial score (nSPS) is 16.2. The van der Waals surface area contributed by atoms with E-state index in [1.807, 2.05) is 0 Å². The minimum Gasteiger partial charge on any atom is -0.479 e. The van der Waals surface area contributed by atoms with Crippen molar-refractivity contribution in [1.82, 2.24) is 19.9 Å². The zero-order valence-electron chi connectivity index (χ0n) is 14.9. The Balaban J connectivity index is 1.74. The monoisotopic (exact) mass is 396 g/mol. The topological polar surface area (TPSA) is 118 Å². The standard InChI is InChI=1S/C17H18F2N4O5/c1-10-13(14(24)22-8-6-17(27,7-9-22)15(25)26)20-21-23(10)11-2-4-12(5-3-11)28-16(18)19/h2-5,16,27H,6-9H2,1H3,(H,25,26). The van der Waals surface area contributed by atoms with Crippen molar-refractivity contribution < 1.29 is 33.3 Å². The van der Waals surface area contributed by atoms with E-state index >= 15 is 0 Å². The Morgan fingerprint density at radius 3 is 2.36 bits per heavy atom. The zero-order valence-corrected chi connectivity index (χ0v) is 14.9. The summed E-state index contributed by atoms with van der Waals surface area (Å²) in [4.78, 5) is 25.2. The largest absolute Gasteiger partial charge is 0.479 e. The molecule has 11 heteroatoms. The predicted octanol–water partition coefficient (Wildman–Crippen LogP) is 1.23. The number of alkyl halides is 2. The van der Waals surface area contributed by atoms with Gasteiger partial charge in [0.15, 0.2) is 11.3 Å². The van der Waals surface area contributed by atoms with Gasteiger partial charge in [0.2, 0.25) is 0 Å². The molecule has 2 aromatic rings. The number of benzene rings is 1. The second kappa shape index (κ2) is 7.50. The van der Waals surface area contributed by atoms with Crippen LogP contribution in [0.1, 0.15) is 29.0 Å². The summed E-state index contributed by atoms with van der Waals surface area (Å²) in [5.41, 5.74) is -0.796. The van der Waals surface area contributed by atoms with Gasteiger partial charge in [-0.05, 0) is 31.2 Å². The van der Waals surface area contributed by atoms with Crippen molar-refractivity contribution >= 4 is 11.9 Å². The van der Waals surface area contributed by atoms with Crippen LogP contribution in [0.4, 0.5) is 8.78 Å². The number of carbonyl (C=O) groups excluding carboxylic acids is 1. The summed E-state index contributed by atoms with van der Waals surface area (Å²) in [7, 11) is 0. The second-order valence-corrected chi connectivity index (χ2v) is 6.44. The molecule has 1 fully saturated rings. The number of hydrogen-bond acceptors (Lipinski definition) is 6. The maximum Gasteiger partial charge on any atom is 0.387 e. The molecule has 2 N–H and O–H groups in total. The highest BCUT2D eigenvalue weighted by Gasteiger charge is 2.41. The van der Waals surface area contributed by atoms with Gasteiger partial charge in [0.1, 0.15) is 5.75 Å². The summed E-state index contributed by atoms with van der Waals surface area (Å²) >= 11 is 0. The number of rotatable bonds is 5. The van der Waals surface area contributed by atoms with E-state index < -0.39 is 24.1 Å². The van der Waals surface area contributed by atoms with Crippen molar-refractivity contribution in [3.05, 3.63) is 35.7 Å². The van der Waals surface area contributed by atoms with Crippen LogP contribution in [0.15, 0.2) is 24.3 Å². The van der Waals surface area contributed by atoms with Crippen molar-refractivity contribution in [1.29, 1.82) is 0 Å². The molecule has 1 saturated heterocycles. The predicted molar refractivity (Wildman–Crippen MR) is 90.5 cm³/mol. The Morgan fingerprint density at radius 1 is 1.21 bits per heavy atom. The number of aliphatic hydroxyl groups is 1. The smallest absolute Gasteiger partial charge is 0.387 e. The zero-order chi connectivity index (χ0) is 20.5. The van der Waals surface area contributed by atoms with Gasteiger partial charge in [0.25, 0.3) is 5.91 Å². The number of likely N-dealkylation sites (tertiary alicyclic amines) is 1. The number of carbonyl (C=O) groups is 2. The highest BCUT2D eigenvalue weighted by Crippen LogP contribution is 2.24. The molecule has 0 radical (unpaired) electrons. The van der Waals surface area contributed by atoms with Crippen LogP contribution in [0.2, 0.25) is 0 Å². The SMILES string of the molecule is Cc1c(C(=O)N2CCC(O)(C(=O)O)CC2)nnn1-c1ccc(OC(F)F)cc1. The van der Waals surface area contributed by atoms with E-state index in [0.29, 0.717) is 11.4 Å². The quantitative estimate of drug-likeness (QED) is 0.780. The third kappa shape index (κ3) is 3.79. The molecule has 0 bridgehead atoms. The average Bonchev–Trinajstić information content (AvgIpc) is 3.03. The Labute approximate surface area is 158 Å². The van der Waals surface area contributed by atoms with Crippen LogP contribution in [-0.4, -0.2) is 67.3 Å². The van der Waals surface area contributed by atoms with E-state index in [1.54, 1.807) is 6.92 Å². The summed E-state index contributed by atoms with van der Waals surface area (Å²) in [6, 6.07) is 5.70. The van der Waals surface area contributed by atoms with E-state index in [9.17, 15) is 23.5 Å². The molecule has 150 valence electrons. The third-order valence-electron chi connectivity index (χ3n) is 4.68. The number of piperidine rings is 1. The van der Waals surface area contributed by atoms with Gasteiger partial charge >= 0.3 is 12.6 Å². The molecular weight excluding hydrogens is 378 g/mol. The number of nitrogens with zero attached hydrogens (tertiary/aromatic N) is 4. The summed E-state index contributed by atoms with van der Waals surface area (Å²) in [6.07, 6.45) is -0.153. The molecule has 1 aromatic carbocycles. The van der Waals surface area contributed by atoms with Crippen molar-refractivity contribution in [2.75, 3.05) is 13.1 Å². The molecule has 28 heavy (non-hydrogen) atoms. The first-order valence-electron chi connectivity index (χ1n) is 8.44. The van der Waals surface area contributed by atoms with Crippen LogP contribution in [-0.2, 0) is 4.79 Å². The van der Waals surface area contributed by atoms with Gasteiger partial charge in [0.05, 0.1) is 11.4 Å². The maximum absolute atomic E-state index is 12.7. The fourth-order valence-electron chi connectivity index (χ4n) is 2.98. The van der Waals surface area contributed by atoms with Crippen LogP contribution in [0, 0.1) is 6.92 Å². The fraction of sp³-hybridized carbons (Fsp3) is 0.412. The van der Waals surface area contributed by atoms with Crippen LogP contribution >= 0.6 is 0 Å². The molecule has 0 saturated carbocycles. The number of aliphatic carboxylic acids is 1. The summed E-state index contributed by atoms with van der Waals surface area (Å²) in [5, 5.41) is 26.9. The van der Waals surface area contributed by atoms with Crippen LogP contribution in [0.3, 0.4) is 0 Å². The van der Waals surface area contributed by atoms with E-state index in [2.05, 4.69) is 15.0 Å². The number of halogens is 2. The number of hydrogen-bond donors (Lipinski definition) is 2. The number of carboxylic acid groups (broad SMARTS) is 1. The highest BCUT2D eigenvalue weighted by atomic mass is 19.3. The average molecular weight is 396 g/mol. The number of aromatic nitrogens is 3. The van der Waals surface area contributed by atoms with E-state index in [0.717, 1.165) is 0 Å². The van der Waals surface area contributed by atoms with Gasteiger partial charge < -0.3 is 19.8 Å². The maximum atomic E-state index is 12.7. The molecular formula is C17H18F2N4O5. The Hall–Kier alpha value is -3.08. The van der Waals surface area contributed by atoms with Crippen LogP contribution in [0.25, 0.3) is 5.69 Å². The molecule has 0 aliphatic carbocycles. The molecule has 0 unspecified atom stereocenters. The Kier molecular flexibility index (Phi) is 5.27. The van der Waals surface area contributed by atoms with Crippen LogP contribution in [0.5, 0.6) is 5.75 Å². The lowest BCUT2D eigenvalue weighted by atomic mass is 9.91. The van der Waals surface area contributed by atoms with Gasteiger partial charge in [0, 0.05) is 25.9 Å². The first kappa shape index (κ1) is 19.7. The number of amides is 1. The molecule has 0 spiro atoms. The fourth-order valence-corrected chi connectivity index (χ4v) is 2.98. The van der Waals surface area contributed by atoms with Gasteiger partial charge in [-0.1, -0.05) is 5.21 Å². The van der Waals surface area contributed by atoms with Gasteiger partial charge in [-0.25, -0.2) is 9.48 Å². The second-order valence-electron chi connectivity index (χ2n) is 6.44. The van der Waals surface area contributed by atoms with Gasteiger partial charge in [-0.2, -0.15) is 8.78 Å². The summed E-state index contributed by atoms with van der Waals surface area (Å²) in [6.45, 7) is -1.14. The van der Waals surface area contributed by atoms with E-state index in [1.165, 1.54) is 33.8 Å². The van der Waals surface area contributed by atoms with Crippen molar-refractivity contribution in [3.63, 3.8) is 0 Å². The third-order valence-corrected chi connectivity index (χ3v) is 4.68. The molecule has 1 amide bonds. The number of carboxylic acids is 1. The highest BCUT2D eigenvalue weighted by molar-refractivity contribution is 5.93. The lowest BCUT2D eigenvalue weighted by Crippen LogP contribution is -2.51. The first-order valence-corrected chi connectivity index (χ1v) is 8.44. The molecule has 3 rings (SSSR count). The Bertz CT molecular complexity index is 876. The van der Waals surface area contributed by atoms with Crippen molar-refractivity contribution in [2.45, 2.75) is 32.0 Å². The van der Waals surface area contributed by atoms with Gasteiger partial charge in [-0.15, -0.1) is 5.10 Å². The molecule has 2 heterocycles. The lowest BCUT2D eigenvalue weighted by Gasteiger charge is -2.35.